The average molecular weight is 456 g/mol. The molecular formula is C19H25N3O4S3. The molecule has 0 aromatic carbocycles. The largest absolute Gasteiger partial charge is 0.338 e. The molecule has 0 N–H and O–H groups in total. The van der Waals surface area contributed by atoms with E-state index in [9.17, 15) is 18.0 Å². The van der Waals surface area contributed by atoms with Gasteiger partial charge in [0.1, 0.15) is 4.83 Å². The third kappa shape index (κ3) is 3.98. The van der Waals surface area contributed by atoms with Gasteiger partial charge in [-0.05, 0) is 37.7 Å². The maximum absolute atomic E-state index is 12.9. The minimum atomic E-state index is -3.05. The van der Waals surface area contributed by atoms with Crippen molar-refractivity contribution in [3.63, 3.8) is 0 Å². The van der Waals surface area contributed by atoms with Gasteiger partial charge in [-0.25, -0.2) is 13.4 Å². The number of hydrogen-bond acceptors (Lipinski definition) is 7. The molecule has 1 aliphatic heterocycles. The number of rotatable bonds is 6. The predicted octanol–water partition coefficient (Wildman–Crippen LogP) is 2.00. The first kappa shape index (κ1) is 20.9. The SMILES string of the molecule is CCCN(C(=O)CSc1nc2sc3c(c2c(=O)n1C)CCC3)[C@@H]1CCS(=O)(=O)C1. The molecule has 2 aliphatic rings. The molecule has 1 atom stereocenters. The fourth-order valence-corrected chi connectivity index (χ4v) is 8.11. The van der Waals surface area contributed by atoms with Crippen LogP contribution < -0.4 is 5.56 Å². The number of aromatic nitrogens is 2. The van der Waals surface area contributed by atoms with E-state index in [1.165, 1.54) is 21.2 Å². The van der Waals surface area contributed by atoms with E-state index in [-0.39, 0.29) is 34.8 Å². The van der Waals surface area contributed by atoms with Crippen molar-refractivity contribution in [2.45, 2.75) is 50.2 Å². The van der Waals surface area contributed by atoms with Crippen LogP contribution in [0.1, 0.15) is 36.6 Å². The van der Waals surface area contributed by atoms with Gasteiger partial charge in [-0.1, -0.05) is 18.7 Å². The van der Waals surface area contributed by atoms with Gasteiger partial charge in [-0.3, -0.25) is 14.2 Å². The number of carbonyl (C=O) groups excluding carboxylic acids is 1. The minimum absolute atomic E-state index is 0.0448. The Hall–Kier alpha value is -1.39. The van der Waals surface area contributed by atoms with E-state index in [4.69, 9.17) is 0 Å². The molecule has 2 aromatic rings. The summed E-state index contributed by atoms with van der Waals surface area (Å²) in [4.78, 5) is 34.2. The van der Waals surface area contributed by atoms with Gasteiger partial charge in [0.05, 0.1) is 22.6 Å². The van der Waals surface area contributed by atoms with Crippen LogP contribution in [0.4, 0.5) is 0 Å². The van der Waals surface area contributed by atoms with Crippen LogP contribution in [0.5, 0.6) is 0 Å². The number of nitrogens with zero attached hydrogens (tertiary/aromatic N) is 3. The van der Waals surface area contributed by atoms with Gasteiger partial charge < -0.3 is 4.90 Å². The highest BCUT2D eigenvalue weighted by Gasteiger charge is 2.34. The molecule has 7 nitrogen and oxygen atoms in total. The number of fused-ring (bicyclic) bond motifs is 3. The van der Waals surface area contributed by atoms with Gasteiger partial charge in [0.2, 0.25) is 5.91 Å². The fraction of sp³-hybridized carbons (Fsp3) is 0.632. The summed E-state index contributed by atoms with van der Waals surface area (Å²) in [5.41, 5.74) is 1.11. The Morgan fingerprint density at radius 1 is 1.38 bits per heavy atom. The summed E-state index contributed by atoms with van der Waals surface area (Å²) in [6.07, 6.45) is 4.32. The van der Waals surface area contributed by atoms with Gasteiger partial charge in [0, 0.05) is 24.5 Å². The Labute approximate surface area is 178 Å². The van der Waals surface area contributed by atoms with E-state index < -0.39 is 9.84 Å². The summed E-state index contributed by atoms with van der Waals surface area (Å²) in [6.45, 7) is 2.52. The van der Waals surface area contributed by atoms with Crippen LogP contribution in [-0.2, 0) is 34.5 Å². The zero-order valence-corrected chi connectivity index (χ0v) is 19.1. The number of aryl methyl sites for hydroxylation is 2. The molecule has 0 radical (unpaired) electrons. The van der Waals surface area contributed by atoms with E-state index in [0.29, 0.717) is 18.1 Å². The summed E-state index contributed by atoms with van der Waals surface area (Å²) < 4.78 is 25.2. The molecule has 1 saturated heterocycles. The number of amides is 1. The van der Waals surface area contributed by atoms with Crippen LogP contribution >= 0.6 is 23.1 Å². The third-order valence-corrected chi connectivity index (χ3v) is 9.61. The zero-order valence-electron chi connectivity index (χ0n) is 16.6. The second-order valence-corrected chi connectivity index (χ2v) is 12.0. The molecule has 1 aliphatic carbocycles. The van der Waals surface area contributed by atoms with Gasteiger partial charge in [-0.15, -0.1) is 11.3 Å². The minimum Gasteiger partial charge on any atom is -0.338 e. The second-order valence-electron chi connectivity index (χ2n) is 7.73. The summed E-state index contributed by atoms with van der Waals surface area (Å²) in [7, 11) is -1.35. The summed E-state index contributed by atoms with van der Waals surface area (Å²) in [6, 6.07) is -0.243. The Morgan fingerprint density at radius 2 is 2.17 bits per heavy atom. The number of thiophene rings is 1. The first-order chi connectivity index (χ1) is 13.8. The third-order valence-electron chi connectivity index (χ3n) is 5.66. The van der Waals surface area contributed by atoms with Crippen molar-refractivity contribution in [3.8, 4) is 0 Å². The van der Waals surface area contributed by atoms with Crippen molar-refractivity contribution in [1.82, 2.24) is 14.5 Å². The van der Waals surface area contributed by atoms with Gasteiger partial charge in [-0.2, -0.15) is 0 Å². The molecule has 4 rings (SSSR count). The monoisotopic (exact) mass is 455 g/mol. The smallest absolute Gasteiger partial charge is 0.262 e. The van der Waals surface area contributed by atoms with Gasteiger partial charge in [0.25, 0.3) is 5.56 Å². The second kappa shape index (κ2) is 8.03. The molecule has 0 unspecified atom stereocenters. The van der Waals surface area contributed by atoms with Gasteiger partial charge >= 0.3 is 0 Å². The lowest BCUT2D eigenvalue weighted by atomic mass is 10.2. The van der Waals surface area contributed by atoms with Crippen molar-refractivity contribution >= 4 is 49.1 Å². The maximum atomic E-state index is 12.9. The van der Waals surface area contributed by atoms with Crippen LogP contribution in [0.2, 0.25) is 0 Å². The quantitative estimate of drug-likeness (QED) is 0.489. The molecule has 2 aromatic heterocycles. The fourth-order valence-electron chi connectivity index (χ4n) is 4.22. The van der Waals surface area contributed by atoms with Crippen LogP contribution in [0.25, 0.3) is 10.2 Å². The Morgan fingerprint density at radius 3 is 2.86 bits per heavy atom. The zero-order chi connectivity index (χ0) is 20.8. The van der Waals surface area contributed by atoms with Crippen molar-refractivity contribution in [2.75, 3.05) is 23.8 Å². The summed E-state index contributed by atoms with van der Waals surface area (Å²) in [5.74, 6) is 0.246. The standard InChI is InChI=1S/C19H25N3O4S3/c1-3-8-22(12-7-9-29(25,26)11-12)15(23)10-27-19-20-17-16(18(24)21(19)2)13-5-4-6-14(13)28-17/h12H,3-11H2,1-2H3/t12-/m1/s1. The molecule has 1 amide bonds. The van der Waals surface area contributed by atoms with E-state index in [0.717, 1.165) is 41.5 Å². The van der Waals surface area contributed by atoms with Crippen LogP contribution in [0.3, 0.4) is 0 Å². The van der Waals surface area contributed by atoms with Crippen molar-refractivity contribution in [1.29, 1.82) is 0 Å². The lowest BCUT2D eigenvalue weighted by Gasteiger charge is -2.27. The highest BCUT2D eigenvalue weighted by Crippen LogP contribution is 2.35. The number of sulfone groups is 1. The number of thioether (sulfide) groups is 1. The lowest BCUT2D eigenvalue weighted by molar-refractivity contribution is -0.130. The van der Waals surface area contributed by atoms with Crippen LogP contribution in [-0.4, -0.2) is 58.6 Å². The topological polar surface area (TPSA) is 89.3 Å². The van der Waals surface area contributed by atoms with E-state index in [1.54, 1.807) is 23.3 Å². The number of carbonyl (C=O) groups is 1. The molecule has 1 fully saturated rings. The van der Waals surface area contributed by atoms with Crippen molar-refractivity contribution in [3.05, 3.63) is 20.8 Å². The van der Waals surface area contributed by atoms with E-state index in [1.807, 2.05) is 6.92 Å². The molecule has 3 heterocycles. The molecule has 29 heavy (non-hydrogen) atoms. The van der Waals surface area contributed by atoms with E-state index in [2.05, 4.69) is 4.98 Å². The van der Waals surface area contributed by atoms with E-state index >= 15 is 0 Å². The summed E-state index contributed by atoms with van der Waals surface area (Å²) in [5, 5.41) is 1.27. The summed E-state index contributed by atoms with van der Waals surface area (Å²) >= 11 is 2.85. The molecule has 0 spiro atoms. The first-order valence-electron chi connectivity index (χ1n) is 9.94. The Kier molecular flexibility index (Phi) is 5.78. The molecule has 158 valence electrons. The first-order valence-corrected chi connectivity index (χ1v) is 13.6. The molecular weight excluding hydrogens is 430 g/mol. The van der Waals surface area contributed by atoms with Crippen molar-refractivity contribution < 1.29 is 13.2 Å². The maximum Gasteiger partial charge on any atom is 0.262 e. The molecule has 10 heteroatoms. The average Bonchev–Trinajstić information content (AvgIpc) is 3.35. The van der Waals surface area contributed by atoms with Crippen LogP contribution in [0.15, 0.2) is 9.95 Å². The predicted molar refractivity (Wildman–Crippen MR) is 117 cm³/mol. The normalized spacial score (nSPS) is 20.3. The van der Waals surface area contributed by atoms with Crippen LogP contribution in [0, 0.1) is 0 Å². The highest BCUT2D eigenvalue weighted by atomic mass is 32.2. The Bertz CT molecular complexity index is 1120. The van der Waals surface area contributed by atoms with Crippen molar-refractivity contribution in [2.24, 2.45) is 7.05 Å². The molecule has 0 saturated carbocycles. The lowest BCUT2D eigenvalue weighted by Crippen LogP contribution is -2.42. The molecule has 0 bridgehead atoms. The highest BCUT2D eigenvalue weighted by molar-refractivity contribution is 7.99. The van der Waals surface area contributed by atoms with Gasteiger partial charge in [0.15, 0.2) is 15.0 Å². The number of hydrogen-bond donors (Lipinski definition) is 0. The Balaban J connectivity index is 1.53.